The summed E-state index contributed by atoms with van der Waals surface area (Å²) in [6.07, 6.45) is 1.32. The molecule has 0 bridgehead atoms. The lowest BCUT2D eigenvalue weighted by Gasteiger charge is -2.29. The number of hydrogen-bond donors (Lipinski definition) is 3. The summed E-state index contributed by atoms with van der Waals surface area (Å²) in [5.41, 5.74) is 10.6. The van der Waals surface area contributed by atoms with Crippen molar-refractivity contribution in [1.82, 2.24) is 5.32 Å². The molecule has 0 fully saturated rings. The number of carbonyl (C=O) groups excluding carboxylic acids is 1. The van der Waals surface area contributed by atoms with Crippen molar-refractivity contribution in [2.45, 2.75) is 18.5 Å². The zero-order valence-electron chi connectivity index (χ0n) is 9.99. The van der Waals surface area contributed by atoms with Gasteiger partial charge in [0.25, 0.3) is 0 Å². The number of rotatable bonds is 8. The average Bonchev–Trinajstić information content (AvgIpc) is 2.27. The monoisotopic (exact) mass is 251 g/mol. The van der Waals surface area contributed by atoms with Crippen LogP contribution in [-0.2, 0) is 13.3 Å². The summed E-state index contributed by atoms with van der Waals surface area (Å²) in [4.78, 5) is 10.4. The molecule has 0 aromatic heterocycles. The molecule has 0 aliphatic carbocycles. The van der Waals surface area contributed by atoms with Gasteiger partial charge in [-0.25, -0.2) is 4.79 Å². The Labute approximate surface area is 96.8 Å². The van der Waals surface area contributed by atoms with Crippen LogP contribution in [0.1, 0.15) is 12.8 Å². The highest BCUT2D eigenvalue weighted by atomic mass is 28.4. The highest BCUT2D eigenvalue weighted by Crippen LogP contribution is 2.13. The molecule has 0 saturated heterocycles. The molecule has 0 radical (unpaired) electrons. The smallest absolute Gasteiger partial charge is 0.376 e. The van der Waals surface area contributed by atoms with Crippen LogP contribution in [0.5, 0.6) is 0 Å². The summed E-state index contributed by atoms with van der Waals surface area (Å²) in [6, 6.07) is -0.540. The summed E-state index contributed by atoms with van der Waals surface area (Å²) in [7, 11) is 1.78. The van der Waals surface area contributed by atoms with Crippen LogP contribution in [0.4, 0.5) is 4.79 Å². The molecule has 0 rings (SSSR count). The molecule has 5 N–H and O–H groups in total. The van der Waals surface area contributed by atoms with Crippen LogP contribution in [-0.4, -0.2) is 48.4 Å². The van der Waals surface area contributed by atoms with Gasteiger partial charge in [0.2, 0.25) is 0 Å². The fourth-order valence-corrected chi connectivity index (χ4v) is 3.38. The van der Waals surface area contributed by atoms with Crippen molar-refractivity contribution in [3.63, 3.8) is 0 Å². The predicted molar refractivity (Wildman–Crippen MR) is 61.6 cm³/mol. The third kappa shape index (κ3) is 4.45. The first-order valence-electron chi connectivity index (χ1n) is 4.96. The van der Waals surface area contributed by atoms with E-state index in [9.17, 15) is 4.79 Å². The molecule has 7 nitrogen and oxygen atoms in total. The molecular formula is C8H21N3O4Si. The summed E-state index contributed by atoms with van der Waals surface area (Å²) in [6.45, 7) is 0.477. The fourth-order valence-electron chi connectivity index (χ4n) is 1.41. The van der Waals surface area contributed by atoms with E-state index in [-0.39, 0.29) is 5.67 Å². The fraction of sp³-hybridized carbons (Fsp3) is 0.875. The predicted octanol–water partition coefficient (Wildman–Crippen LogP) is -0.820. The van der Waals surface area contributed by atoms with Gasteiger partial charge in [0.1, 0.15) is 0 Å². The maximum Gasteiger partial charge on any atom is 0.517 e. The summed E-state index contributed by atoms with van der Waals surface area (Å²) in [5.74, 6) is 0. The van der Waals surface area contributed by atoms with Gasteiger partial charge in [-0.3, -0.25) is 0 Å². The molecule has 0 heterocycles. The van der Waals surface area contributed by atoms with E-state index >= 15 is 0 Å². The minimum absolute atomic E-state index is 0.317. The van der Waals surface area contributed by atoms with Crippen LogP contribution >= 0.6 is 0 Å². The van der Waals surface area contributed by atoms with E-state index in [1.54, 1.807) is 0 Å². The van der Waals surface area contributed by atoms with Crippen LogP contribution in [0.3, 0.4) is 0 Å². The van der Waals surface area contributed by atoms with Gasteiger partial charge in [-0.15, -0.1) is 0 Å². The van der Waals surface area contributed by atoms with Gasteiger partial charge in [-0.2, -0.15) is 0 Å². The standard InChI is InChI=1S/C8H21N3O4Si/c1-13-16(14-2,15-3)7(9)5-4-6-11-8(10)12/h7H,4-6,9H2,1-3H3,(H3,10,11,12). The van der Waals surface area contributed by atoms with Gasteiger partial charge in [-0.05, 0) is 12.8 Å². The minimum Gasteiger partial charge on any atom is -0.376 e. The number of nitrogens with one attached hydrogen (secondary N) is 1. The highest BCUT2D eigenvalue weighted by Gasteiger charge is 2.44. The second-order valence-electron chi connectivity index (χ2n) is 3.26. The SMILES string of the molecule is CO[Si](OC)(OC)C(N)CCCNC(N)=O. The number of amides is 2. The van der Waals surface area contributed by atoms with Gasteiger partial charge in [0, 0.05) is 27.9 Å². The second kappa shape index (κ2) is 7.58. The average molecular weight is 251 g/mol. The first kappa shape index (κ1) is 15.3. The zero-order chi connectivity index (χ0) is 12.6. The molecule has 0 aromatic rings. The summed E-state index contributed by atoms with van der Waals surface area (Å²) < 4.78 is 15.7. The van der Waals surface area contributed by atoms with Crippen LogP contribution in [0.15, 0.2) is 0 Å². The maximum atomic E-state index is 10.4. The molecule has 0 aliphatic rings. The Morgan fingerprint density at radius 1 is 1.31 bits per heavy atom. The van der Waals surface area contributed by atoms with Gasteiger partial charge >= 0.3 is 14.8 Å². The van der Waals surface area contributed by atoms with Gasteiger partial charge < -0.3 is 30.1 Å². The van der Waals surface area contributed by atoms with Crippen LogP contribution < -0.4 is 16.8 Å². The Hall–Kier alpha value is -0.673. The number of hydrogen-bond acceptors (Lipinski definition) is 5. The van der Waals surface area contributed by atoms with Gasteiger partial charge in [0.15, 0.2) is 0 Å². The van der Waals surface area contributed by atoms with Crippen molar-refractivity contribution in [2.75, 3.05) is 27.9 Å². The van der Waals surface area contributed by atoms with Crippen molar-refractivity contribution in [3.05, 3.63) is 0 Å². The van der Waals surface area contributed by atoms with E-state index in [1.807, 2.05) is 0 Å². The van der Waals surface area contributed by atoms with Crippen molar-refractivity contribution >= 4 is 14.8 Å². The largest absolute Gasteiger partial charge is 0.517 e. The molecule has 0 spiro atoms. The quantitative estimate of drug-likeness (QED) is 0.386. The molecule has 2 amide bonds. The van der Waals surface area contributed by atoms with E-state index in [0.29, 0.717) is 19.4 Å². The van der Waals surface area contributed by atoms with E-state index in [0.717, 1.165) is 0 Å². The number of primary amides is 1. The molecular weight excluding hydrogens is 230 g/mol. The van der Waals surface area contributed by atoms with E-state index in [1.165, 1.54) is 21.3 Å². The maximum absolute atomic E-state index is 10.4. The summed E-state index contributed by atoms with van der Waals surface area (Å²) >= 11 is 0. The summed E-state index contributed by atoms with van der Waals surface area (Å²) in [5, 5.41) is 2.48. The Bertz CT molecular complexity index is 205. The van der Waals surface area contributed by atoms with Crippen molar-refractivity contribution < 1.29 is 18.1 Å². The van der Waals surface area contributed by atoms with Crippen LogP contribution in [0, 0.1) is 0 Å². The lowest BCUT2D eigenvalue weighted by Crippen LogP contribution is -2.58. The van der Waals surface area contributed by atoms with E-state index < -0.39 is 14.8 Å². The van der Waals surface area contributed by atoms with Crippen LogP contribution in [0.2, 0.25) is 0 Å². The van der Waals surface area contributed by atoms with Gasteiger partial charge in [-0.1, -0.05) is 0 Å². The molecule has 0 aliphatic heterocycles. The second-order valence-corrected chi connectivity index (χ2v) is 6.43. The number of nitrogens with two attached hydrogens (primary N) is 2. The van der Waals surface area contributed by atoms with E-state index in [4.69, 9.17) is 24.7 Å². The molecule has 1 atom stereocenters. The molecule has 1 unspecified atom stereocenters. The Morgan fingerprint density at radius 3 is 2.19 bits per heavy atom. The molecule has 16 heavy (non-hydrogen) atoms. The molecule has 96 valence electrons. The van der Waals surface area contributed by atoms with Crippen LogP contribution in [0.25, 0.3) is 0 Å². The van der Waals surface area contributed by atoms with Gasteiger partial charge in [0.05, 0.1) is 5.67 Å². The molecule has 0 saturated carbocycles. The highest BCUT2D eigenvalue weighted by molar-refractivity contribution is 6.62. The lowest BCUT2D eigenvalue weighted by atomic mass is 10.3. The van der Waals surface area contributed by atoms with Crippen molar-refractivity contribution in [3.8, 4) is 0 Å². The third-order valence-electron chi connectivity index (χ3n) is 2.30. The normalized spacial score (nSPS) is 13.5. The van der Waals surface area contributed by atoms with Crippen molar-refractivity contribution in [1.29, 1.82) is 0 Å². The third-order valence-corrected chi connectivity index (χ3v) is 5.20. The topological polar surface area (TPSA) is 109 Å². The molecule has 0 aromatic carbocycles. The number of carbonyl (C=O) groups is 1. The Morgan fingerprint density at radius 2 is 1.81 bits per heavy atom. The first-order valence-corrected chi connectivity index (χ1v) is 6.77. The first-order chi connectivity index (χ1) is 7.52. The molecule has 8 heteroatoms. The Kier molecular flexibility index (Phi) is 7.26. The minimum atomic E-state index is -2.76. The number of urea groups is 1. The zero-order valence-corrected chi connectivity index (χ0v) is 11.0. The van der Waals surface area contributed by atoms with Crippen molar-refractivity contribution in [2.24, 2.45) is 11.5 Å². The Balaban J connectivity index is 4.01. The van der Waals surface area contributed by atoms with E-state index in [2.05, 4.69) is 5.32 Å². The lowest BCUT2D eigenvalue weighted by molar-refractivity contribution is 0.111.